The molecule has 4 nitrogen and oxygen atoms in total. The SMILES string of the molecule is CCN(CC)CCn1c(=O)c(-c2ccccc2)nc2ccccc21. The number of para-hydroxylation sites is 2. The van der Waals surface area contributed by atoms with Gasteiger partial charge in [-0.05, 0) is 25.2 Å². The van der Waals surface area contributed by atoms with Gasteiger partial charge in [-0.3, -0.25) is 4.79 Å². The molecule has 0 aliphatic rings. The minimum atomic E-state index is -0.0212. The minimum absolute atomic E-state index is 0.0212. The molecule has 0 saturated carbocycles. The highest BCUT2D eigenvalue weighted by Crippen LogP contribution is 2.17. The fourth-order valence-electron chi connectivity index (χ4n) is 2.98. The summed E-state index contributed by atoms with van der Waals surface area (Å²) in [6.45, 7) is 7.79. The zero-order valence-corrected chi connectivity index (χ0v) is 14.3. The van der Waals surface area contributed by atoms with Crippen LogP contribution in [0.4, 0.5) is 0 Å². The Balaban J connectivity index is 2.12. The average Bonchev–Trinajstić information content (AvgIpc) is 2.64. The van der Waals surface area contributed by atoms with E-state index in [-0.39, 0.29) is 5.56 Å². The summed E-state index contributed by atoms with van der Waals surface area (Å²) in [5.41, 5.74) is 3.12. The van der Waals surface area contributed by atoms with E-state index < -0.39 is 0 Å². The molecule has 0 saturated heterocycles. The highest BCUT2D eigenvalue weighted by Gasteiger charge is 2.13. The highest BCUT2D eigenvalue weighted by molar-refractivity contribution is 5.77. The van der Waals surface area contributed by atoms with Crippen molar-refractivity contribution in [2.75, 3.05) is 19.6 Å². The summed E-state index contributed by atoms with van der Waals surface area (Å²) in [5, 5.41) is 0. The number of aromatic nitrogens is 2. The van der Waals surface area contributed by atoms with Gasteiger partial charge in [0.05, 0.1) is 11.0 Å². The molecule has 3 rings (SSSR count). The monoisotopic (exact) mass is 321 g/mol. The van der Waals surface area contributed by atoms with Crippen LogP contribution < -0.4 is 5.56 Å². The molecule has 24 heavy (non-hydrogen) atoms. The molecule has 0 fully saturated rings. The Morgan fingerprint density at radius 1 is 0.958 bits per heavy atom. The van der Waals surface area contributed by atoms with Gasteiger partial charge in [0.1, 0.15) is 5.69 Å². The molecule has 0 amide bonds. The third kappa shape index (κ3) is 3.24. The molecule has 3 aromatic rings. The second kappa shape index (κ2) is 7.41. The van der Waals surface area contributed by atoms with E-state index in [1.807, 2.05) is 59.2 Å². The minimum Gasteiger partial charge on any atom is -0.304 e. The normalized spacial score (nSPS) is 11.3. The zero-order chi connectivity index (χ0) is 16.9. The van der Waals surface area contributed by atoms with E-state index in [1.54, 1.807) is 0 Å². The van der Waals surface area contributed by atoms with E-state index >= 15 is 0 Å². The lowest BCUT2D eigenvalue weighted by molar-refractivity contribution is 0.291. The molecular weight excluding hydrogens is 298 g/mol. The van der Waals surface area contributed by atoms with E-state index in [9.17, 15) is 4.79 Å². The second-order valence-corrected chi connectivity index (χ2v) is 5.80. The van der Waals surface area contributed by atoms with Crippen molar-refractivity contribution in [2.24, 2.45) is 0 Å². The fraction of sp³-hybridized carbons (Fsp3) is 0.300. The van der Waals surface area contributed by atoms with Crippen LogP contribution in [-0.2, 0) is 6.54 Å². The molecule has 1 aromatic heterocycles. The van der Waals surface area contributed by atoms with Crippen molar-refractivity contribution in [3.05, 3.63) is 65.0 Å². The van der Waals surface area contributed by atoms with Gasteiger partial charge >= 0.3 is 0 Å². The Kier molecular flexibility index (Phi) is 5.06. The van der Waals surface area contributed by atoms with E-state index in [1.165, 1.54) is 0 Å². The van der Waals surface area contributed by atoms with Gasteiger partial charge in [-0.25, -0.2) is 4.98 Å². The molecule has 0 aliphatic carbocycles. The summed E-state index contributed by atoms with van der Waals surface area (Å²) in [6, 6.07) is 17.6. The molecule has 1 heterocycles. The lowest BCUT2D eigenvalue weighted by atomic mass is 10.1. The van der Waals surface area contributed by atoms with Crippen LogP contribution in [0.3, 0.4) is 0 Å². The van der Waals surface area contributed by atoms with Crippen molar-refractivity contribution in [2.45, 2.75) is 20.4 Å². The summed E-state index contributed by atoms with van der Waals surface area (Å²) in [6.07, 6.45) is 0. The van der Waals surface area contributed by atoms with Crippen molar-refractivity contribution in [3.63, 3.8) is 0 Å². The Morgan fingerprint density at radius 2 is 1.62 bits per heavy atom. The van der Waals surface area contributed by atoms with Crippen LogP contribution in [0.1, 0.15) is 13.8 Å². The van der Waals surface area contributed by atoms with Gasteiger partial charge in [-0.1, -0.05) is 56.3 Å². The standard InChI is InChI=1S/C20H23N3O/c1-3-22(4-2)14-15-23-18-13-9-8-12-17(18)21-19(20(23)24)16-10-6-5-7-11-16/h5-13H,3-4,14-15H2,1-2H3. The van der Waals surface area contributed by atoms with E-state index in [0.29, 0.717) is 12.2 Å². The van der Waals surface area contributed by atoms with Gasteiger partial charge in [0.2, 0.25) is 0 Å². The van der Waals surface area contributed by atoms with Gasteiger partial charge in [0.25, 0.3) is 5.56 Å². The van der Waals surface area contributed by atoms with E-state index in [4.69, 9.17) is 0 Å². The van der Waals surface area contributed by atoms with Crippen LogP contribution in [0.15, 0.2) is 59.4 Å². The van der Waals surface area contributed by atoms with Crippen LogP contribution >= 0.6 is 0 Å². The van der Waals surface area contributed by atoms with Crippen molar-refractivity contribution in [1.29, 1.82) is 0 Å². The number of benzene rings is 2. The average molecular weight is 321 g/mol. The van der Waals surface area contributed by atoms with Gasteiger partial charge in [-0.2, -0.15) is 0 Å². The third-order valence-corrected chi connectivity index (χ3v) is 4.43. The first-order chi connectivity index (χ1) is 11.7. The van der Waals surface area contributed by atoms with E-state index in [2.05, 4.69) is 23.7 Å². The van der Waals surface area contributed by atoms with Crippen LogP contribution in [0, 0.1) is 0 Å². The Morgan fingerprint density at radius 3 is 2.33 bits per heavy atom. The Bertz CT molecular complexity index is 867. The summed E-state index contributed by atoms with van der Waals surface area (Å²) in [5.74, 6) is 0. The van der Waals surface area contributed by atoms with Gasteiger partial charge < -0.3 is 9.47 Å². The van der Waals surface area contributed by atoms with Crippen molar-refractivity contribution in [3.8, 4) is 11.3 Å². The zero-order valence-electron chi connectivity index (χ0n) is 14.3. The van der Waals surface area contributed by atoms with Crippen LogP contribution in [0.25, 0.3) is 22.3 Å². The first-order valence-electron chi connectivity index (χ1n) is 8.52. The first-order valence-corrected chi connectivity index (χ1v) is 8.52. The molecule has 0 unspecified atom stereocenters. The summed E-state index contributed by atoms with van der Waals surface area (Å²) in [7, 11) is 0. The maximum absolute atomic E-state index is 13.1. The predicted molar refractivity (Wildman–Crippen MR) is 99.2 cm³/mol. The summed E-state index contributed by atoms with van der Waals surface area (Å²) in [4.78, 5) is 20.0. The van der Waals surface area contributed by atoms with Crippen LogP contribution in [0.5, 0.6) is 0 Å². The molecule has 0 bridgehead atoms. The summed E-state index contributed by atoms with van der Waals surface area (Å²) < 4.78 is 1.86. The van der Waals surface area contributed by atoms with Gasteiger partial charge in [0.15, 0.2) is 0 Å². The molecule has 0 N–H and O–H groups in total. The Hall–Kier alpha value is -2.46. The molecular formula is C20H23N3O. The molecule has 4 heteroatoms. The lowest BCUT2D eigenvalue weighted by Crippen LogP contribution is -2.32. The highest BCUT2D eigenvalue weighted by atomic mass is 16.1. The van der Waals surface area contributed by atoms with E-state index in [0.717, 1.165) is 36.2 Å². The maximum atomic E-state index is 13.1. The van der Waals surface area contributed by atoms with Crippen LogP contribution in [0.2, 0.25) is 0 Å². The fourth-order valence-corrected chi connectivity index (χ4v) is 2.98. The molecule has 124 valence electrons. The smallest absolute Gasteiger partial charge is 0.277 e. The summed E-state index contributed by atoms with van der Waals surface area (Å²) >= 11 is 0. The van der Waals surface area contributed by atoms with Gasteiger partial charge in [0, 0.05) is 18.7 Å². The topological polar surface area (TPSA) is 38.1 Å². The van der Waals surface area contributed by atoms with Crippen molar-refractivity contribution >= 4 is 11.0 Å². The van der Waals surface area contributed by atoms with Crippen molar-refractivity contribution in [1.82, 2.24) is 14.5 Å². The molecule has 0 atom stereocenters. The number of likely N-dealkylation sites (N-methyl/N-ethyl adjacent to an activating group) is 1. The third-order valence-electron chi connectivity index (χ3n) is 4.43. The van der Waals surface area contributed by atoms with Crippen molar-refractivity contribution < 1.29 is 0 Å². The number of hydrogen-bond donors (Lipinski definition) is 0. The number of nitrogens with zero attached hydrogens (tertiary/aromatic N) is 3. The van der Waals surface area contributed by atoms with Crippen LogP contribution in [-0.4, -0.2) is 34.1 Å². The number of rotatable bonds is 6. The maximum Gasteiger partial charge on any atom is 0.277 e. The molecule has 2 aromatic carbocycles. The largest absolute Gasteiger partial charge is 0.304 e. The lowest BCUT2D eigenvalue weighted by Gasteiger charge is -2.20. The molecule has 0 aliphatic heterocycles. The first kappa shape index (κ1) is 16.4. The number of hydrogen-bond acceptors (Lipinski definition) is 3. The quantitative estimate of drug-likeness (QED) is 0.698. The molecule has 0 spiro atoms. The van der Waals surface area contributed by atoms with Gasteiger partial charge in [-0.15, -0.1) is 0 Å². The molecule has 0 radical (unpaired) electrons. The Labute approximate surface area is 142 Å². The number of fused-ring (bicyclic) bond motifs is 1. The predicted octanol–water partition coefficient (Wildman–Crippen LogP) is 3.41. The second-order valence-electron chi connectivity index (χ2n) is 5.80.